The Morgan fingerprint density at radius 1 is 1.44 bits per heavy atom. The van der Waals surface area contributed by atoms with Crippen LogP contribution in [-0.2, 0) is 4.79 Å². The van der Waals surface area contributed by atoms with E-state index in [0.717, 1.165) is 19.4 Å². The van der Waals surface area contributed by atoms with Crippen LogP contribution in [0.2, 0.25) is 0 Å². The molecule has 2 rings (SSSR count). The van der Waals surface area contributed by atoms with Gasteiger partial charge in [0.25, 0.3) is 0 Å². The van der Waals surface area contributed by atoms with Gasteiger partial charge >= 0.3 is 0 Å². The van der Waals surface area contributed by atoms with Crippen LogP contribution >= 0.6 is 0 Å². The number of hydrogen-bond acceptors (Lipinski definition) is 3. The molecular weight excluding hydrogens is 230 g/mol. The quantitative estimate of drug-likeness (QED) is 0.741. The van der Waals surface area contributed by atoms with E-state index in [9.17, 15) is 9.59 Å². The molecule has 1 saturated heterocycles. The second kappa shape index (κ2) is 4.78. The van der Waals surface area contributed by atoms with Crippen molar-refractivity contribution in [3.8, 4) is 0 Å². The number of carbonyl (C=O) groups is 2. The molecule has 1 fully saturated rings. The van der Waals surface area contributed by atoms with E-state index in [-0.39, 0.29) is 5.91 Å². The number of benzene rings is 1. The monoisotopic (exact) mass is 247 g/mol. The minimum Gasteiger partial charge on any atom is -0.366 e. The molecule has 0 aromatic heterocycles. The normalized spacial score (nSPS) is 22.7. The number of carbonyl (C=O) groups excluding carboxylic acids is 2. The average molecular weight is 247 g/mol. The van der Waals surface area contributed by atoms with E-state index in [2.05, 4.69) is 10.6 Å². The highest BCUT2D eigenvalue weighted by Crippen LogP contribution is 2.21. The van der Waals surface area contributed by atoms with Crippen LogP contribution < -0.4 is 16.4 Å². The molecule has 1 unspecified atom stereocenters. The molecule has 0 aliphatic carbocycles. The molecule has 0 radical (unpaired) electrons. The molecule has 1 atom stereocenters. The molecule has 5 nitrogen and oxygen atoms in total. The number of anilines is 1. The van der Waals surface area contributed by atoms with Crippen molar-refractivity contribution in [3.63, 3.8) is 0 Å². The maximum Gasteiger partial charge on any atom is 0.248 e. The predicted octanol–water partition coefficient (Wildman–Crippen LogP) is 0.866. The Morgan fingerprint density at radius 2 is 2.22 bits per heavy atom. The van der Waals surface area contributed by atoms with Crippen LogP contribution in [0.25, 0.3) is 0 Å². The van der Waals surface area contributed by atoms with Gasteiger partial charge in [-0.15, -0.1) is 0 Å². The Morgan fingerprint density at radius 3 is 2.83 bits per heavy atom. The van der Waals surface area contributed by atoms with Crippen LogP contribution in [0, 0.1) is 0 Å². The van der Waals surface area contributed by atoms with E-state index >= 15 is 0 Å². The van der Waals surface area contributed by atoms with Gasteiger partial charge in [0.05, 0.1) is 5.54 Å². The number of nitrogens with two attached hydrogens (primary N) is 1. The number of hydrogen-bond donors (Lipinski definition) is 3. The zero-order valence-corrected chi connectivity index (χ0v) is 10.3. The molecule has 0 spiro atoms. The highest BCUT2D eigenvalue weighted by Gasteiger charge is 2.35. The van der Waals surface area contributed by atoms with Crippen LogP contribution in [0.4, 0.5) is 5.69 Å². The fraction of sp³-hybridized carbons (Fsp3) is 0.385. The summed E-state index contributed by atoms with van der Waals surface area (Å²) in [5.41, 5.74) is 5.65. The Kier molecular flexibility index (Phi) is 3.34. The van der Waals surface area contributed by atoms with E-state index in [0.29, 0.717) is 11.3 Å². The maximum absolute atomic E-state index is 12.1. The summed E-state index contributed by atoms with van der Waals surface area (Å²) in [7, 11) is 0. The minimum atomic E-state index is -0.525. The van der Waals surface area contributed by atoms with Gasteiger partial charge in [-0.2, -0.15) is 0 Å². The lowest BCUT2D eigenvalue weighted by atomic mass is 9.99. The Bertz CT molecular complexity index is 479. The van der Waals surface area contributed by atoms with Crippen LogP contribution in [0.5, 0.6) is 0 Å². The van der Waals surface area contributed by atoms with E-state index in [4.69, 9.17) is 5.73 Å². The zero-order valence-electron chi connectivity index (χ0n) is 10.3. The van der Waals surface area contributed by atoms with Crippen molar-refractivity contribution >= 4 is 17.5 Å². The molecule has 1 heterocycles. The first-order chi connectivity index (χ1) is 8.51. The summed E-state index contributed by atoms with van der Waals surface area (Å²) in [5.74, 6) is -0.585. The second-order valence-electron chi connectivity index (χ2n) is 4.76. The third kappa shape index (κ3) is 2.51. The summed E-state index contributed by atoms with van der Waals surface area (Å²) in [6.45, 7) is 2.73. The standard InChI is InChI=1S/C13H17N3O2/c1-13(6-3-7-15-13)12(18)16-10-5-2-4-9(8-10)11(14)17/h2,4-5,8,15H,3,6-7H2,1H3,(H2,14,17)(H,16,18). The van der Waals surface area contributed by atoms with Gasteiger partial charge in [0.15, 0.2) is 0 Å². The first kappa shape index (κ1) is 12.6. The molecule has 5 heteroatoms. The highest BCUT2D eigenvalue weighted by atomic mass is 16.2. The van der Waals surface area contributed by atoms with Crippen molar-refractivity contribution in [3.05, 3.63) is 29.8 Å². The van der Waals surface area contributed by atoms with Gasteiger partial charge in [-0.05, 0) is 44.5 Å². The zero-order chi connectivity index (χ0) is 13.2. The number of nitrogens with one attached hydrogen (secondary N) is 2. The smallest absolute Gasteiger partial charge is 0.248 e. The van der Waals surface area contributed by atoms with E-state index in [1.54, 1.807) is 24.3 Å². The first-order valence-electron chi connectivity index (χ1n) is 5.98. The molecule has 18 heavy (non-hydrogen) atoms. The fourth-order valence-electron chi connectivity index (χ4n) is 2.11. The molecule has 1 aromatic rings. The van der Waals surface area contributed by atoms with Crippen molar-refractivity contribution < 1.29 is 9.59 Å². The number of amides is 2. The van der Waals surface area contributed by atoms with Crippen molar-refractivity contribution in [2.24, 2.45) is 5.73 Å². The lowest BCUT2D eigenvalue weighted by molar-refractivity contribution is -0.121. The molecule has 1 aromatic carbocycles. The van der Waals surface area contributed by atoms with Gasteiger partial charge in [-0.3, -0.25) is 9.59 Å². The van der Waals surface area contributed by atoms with Gasteiger partial charge in [-0.25, -0.2) is 0 Å². The minimum absolute atomic E-state index is 0.0818. The summed E-state index contributed by atoms with van der Waals surface area (Å²) in [5, 5.41) is 6.00. The molecule has 1 aliphatic rings. The average Bonchev–Trinajstić information content (AvgIpc) is 2.78. The van der Waals surface area contributed by atoms with Gasteiger partial charge in [0.1, 0.15) is 0 Å². The summed E-state index contributed by atoms with van der Waals surface area (Å²) >= 11 is 0. The SMILES string of the molecule is CC1(C(=O)Nc2cccc(C(N)=O)c2)CCCN1. The molecular formula is C13H17N3O2. The van der Waals surface area contributed by atoms with Crippen LogP contribution in [0.15, 0.2) is 24.3 Å². The van der Waals surface area contributed by atoms with Crippen LogP contribution in [-0.4, -0.2) is 23.9 Å². The van der Waals surface area contributed by atoms with Crippen LogP contribution in [0.3, 0.4) is 0 Å². The lowest BCUT2D eigenvalue weighted by Crippen LogP contribution is -2.47. The lowest BCUT2D eigenvalue weighted by Gasteiger charge is -2.23. The molecule has 2 amide bonds. The topological polar surface area (TPSA) is 84.2 Å². The van der Waals surface area contributed by atoms with Gasteiger partial charge < -0.3 is 16.4 Å². The van der Waals surface area contributed by atoms with Crippen molar-refractivity contribution in [2.45, 2.75) is 25.3 Å². The van der Waals surface area contributed by atoms with Crippen molar-refractivity contribution in [1.29, 1.82) is 0 Å². The highest BCUT2D eigenvalue weighted by molar-refractivity contribution is 5.99. The third-order valence-corrected chi connectivity index (χ3v) is 3.27. The van der Waals surface area contributed by atoms with Crippen LogP contribution in [0.1, 0.15) is 30.1 Å². The molecule has 96 valence electrons. The fourth-order valence-corrected chi connectivity index (χ4v) is 2.11. The second-order valence-corrected chi connectivity index (χ2v) is 4.76. The van der Waals surface area contributed by atoms with Gasteiger partial charge in [0.2, 0.25) is 11.8 Å². The Hall–Kier alpha value is -1.88. The summed E-state index contributed by atoms with van der Waals surface area (Å²) in [4.78, 5) is 23.2. The maximum atomic E-state index is 12.1. The largest absolute Gasteiger partial charge is 0.366 e. The van der Waals surface area contributed by atoms with Gasteiger partial charge in [0, 0.05) is 11.3 Å². The molecule has 4 N–H and O–H groups in total. The summed E-state index contributed by atoms with van der Waals surface area (Å²) < 4.78 is 0. The first-order valence-corrected chi connectivity index (χ1v) is 5.98. The predicted molar refractivity (Wildman–Crippen MR) is 69.2 cm³/mol. The Labute approximate surface area is 106 Å². The molecule has 1 aliphatic heterocycles. The van der Waals surface area contributed by atoms with Crippen molar-refractivity contribution in [1.82, 2.24) is 5.32 Å². The number of primary amides is 1. The number of rotatable bonds is 3. The Balaban J connectivity index is 2.11. The van der Waals surface area contributed by atoms with E-state index in [1.807, 2.05) is 6.92 Å². The summed E-state index contributed by atoms with van der Waals surface area (Å²) in [6.07, 6.45) is 1.81. The van der Waals surface area contributed by atoms with Crippen molar-refractivity contribution in [2.75, 3.05) is 11.9 Å². The summed E-state index contributed by atoms with van der Waals surface area (Å²) in [6, 6.07) is 6.63. The van der Waals surface area contributed by atoms with E-state index in [1.165, 1.54) is 0 Å². The van der Waals surface area contributed by atoms with E-state index < -0.39 is 11.4 Å². The van der Waals surface area contributed by atoms with Gasteiger partial charge in [-0.1, -0.05) is 6.07 Å². The molecule has 0 bridgehead atoms. The third-order valence-electron chi connectivity index (χ3n) is 3.27. The molecule has 0 saturated carbocycles.